The molecule has 0 saturated heterocycles. The summed E-state index contributed by atoms with van der Waals surface area (Å²) < 4.78 is 5.41. The van der Waals surface area contributed by atoms with Crippen molar-refractivity contribution in [3.8, 4) is 0 Å². The SMILES string of the molecule is CCCC(CCO)CNC(=O)NCc1cc(C)oc1C. The Labute approximate surface area is 120 Å². The Balaban J connectivity index is 2.30. The number of carbonyl (C=O) groups is 1. The van der Waals surface area contributed by atoms with Crippen LogP contribution in [0, 0.1) is 19.8 Å². The van der Waals surface area contributed by atoms with Crippen LogP contribution in [0.3, 0.4) is 0 Å². The van der Waals surface area contributed by atoms with Crippen LogP contribution in [0.4, 0.5) is 4.79 Å². The molecule has 0 fully saturated rings. The largest absolute Gasteiger partial charge is 0.466 e. The maximum absolute atomic E-state index is 11.7. The van der Waals surface area contributed by atoms with Gasteiger partial charge in [-0.05, 0) is 38.7 Å². The first kappa shape index (κ1) is 16.6. The lowest BCUT2D eigenvalue weighted by Gasteiger charge is -2.15. The van der Waals surface area contributed by atoms with E-state index in [1.54, 1.807) is 0 Å². The fourth-order valence-electron chi connectivity index (χ4n) is 2.27. The lowest BCUT2D eigenvalue weighted by atomic mass is 10.0. The van der Waals surface area contributed by atoms with Crippen molar-refractivity contribution < 1.29 is 14.3 Å². The fourth-order valence-corrected chi connectivity index (χ4v) is 2.27. The number of aliphatic hydroxyl groups excluding tert-OH is 1. The van der Waals surface area contributed by atoms with Gasteiger partial charge in [0.05, 0.1) is 0 Å². The zero-order chi connectivity index (χ0) is 15.0. The van der Waals surface area contributed by atoms with Gasteiger partial charge >= 0.3 is 6.03 Å². The Bertz CT molecular complexity index is 409. The lowest BCUT2D eigenvalue weighted by Crippen LogP contribution is -2.38. The highest BCUT2D eigenvalue weighted by atomic mass is 16.3. The monoisotopic (exact) mass is 282 g/mol. The molecule has 3 N–H and O–H groups in total. The zero-order valence-electron chi connectivity index (χ0n) is 12.7. The van der Waals surface area contributed by atoms with Crippen molar-refractivity contribution in [2.24, 2.45) is 5.92 Å². The van der Waals surface area contributed by atoms with Crippen LogP contribution < -0.4 is 10.6 Å². The molecule has 0 aliphatic rings. The summed E-state index contributed by atoms with van der Waals surface area (Å²) in [5.74, 6) is 2.03. The van der Waals surface area contributed by atoms with Crippen molar-refractivity contribution in [2.75, 3.05) is 13.2 Å². The molecule has 114 valence electrons. The first-order valence-electron chi connectivity index (χ1n) is 7.25. The number of aliphatic hydroxyl groups is 1. The third kappa shape index (κ3) is 5.65. The summed E-state index contributed by atoms with van der Waals surface area (Å²) in [4.78, 5) is 11.7. The molecule has 0 aliphatic carbocycles. The predicted octanol–water partition coefficient (Wildman–Crippen LogP) is 2.49. The maximum Gasteiger partial charge on any atom is 0.315 e. The van der Waals surface area contributed by atoms with Gasteiger partial charge in [0.1, 0.15) is 11.5 Å². The standard InChI is InChI=1S/C15H26N2O3/c1-4-5-13(6-7-18)9-16-15(19)17-10-14-8-11(2)20-12(14)3/h8,13,18H,4-7,9-10H2,1-3H3,(H2,16,17,19). The highest BCUT2D eigenvalue weighted by molar-refractivity contribution is 5.73. The average molecular weight is 282 g/mol. The number of furan rings is 1. The van der Waals surface area contributed by atoms with Crippen LogP contribution in [0.2, 0.25) is 0 Å². The highest BCUT2D eigenvalue weighted by Crippen LogP contribution is 2.13. The van der Waals surface area contributed by atoms with Crippen LogP contribution in [0.5, 0.6) is 0 Å². The average Bonchev–Trinajstić information content (AvgIpc) is 2.72. The molecule has 2 amide bonds. The molecule has 0 aliphatic heterocycles. The molecule has 1 aromatic rings. The second kappa shape index (κ2) is 8.64. The van der Waals surface area contributed by atoms with Gasteiger partial charge < -0.3 is 20.2 Å². The highest BCUT2D eigenvalue weighted by Gasteiger charge is 2.10. The van der Waals surface area contributed by atoms with E-state index >= 15 is 0 Å². The lowest BCUT2D eigenvalue weighted by molar-refractivity contribution is 0.229. The Morgan fingerprint density at radius 1 is 1.35 bits per heavy atom. The maximum atomic E-state index is 11.7. The molecule has 1 unspecified atom stereocenters. The second-order valence-electron chi connectivity index (χ2n) is 5.17. The van der Waals surface area contributed by atoms with Crippen LogP contribution in [0.1, 0.15) is 43.3 Å². The summed E-state index contributed by atoms with van der Waals surface area (Å²) in [6.07, 6.45) is 2.80. The minimum Gasteiger partial charge on any atom is -0.466 e. The molecule has 0 radical (unpaired) electrons. The normalized spacial score (nSPS) is 12.2. The second-order valence-corrected chi connectivity index (χ2v) is 5.17. The van der Waals surface area contributed by atoms with Crippen molar-refractivity contribution in [1.82, 2.24) is 10.6 Å². The summed E-state index contributed by atoms with van der Waals surface area (Å²) in [6.45, 7) is 7.12. The van der Waals surface area contributed by atoms with Crippen LogP contribution in [0.25, 0.3) is 0 Å². The molecule has 0 aromatic carbocycles. The molecule has 20 heavy (non-hydrogen) atoms. The summed E-state index contributed by atoms with van der Waals surface area (Å²) >= 11 is 0. The van der Waals surface area contributed by atoms with Crippen LogP contribution in [0.15, 0.2) is 10.5 Å². The minimum absolute atomic E-state index is 0.168. The number of nitrogens with one attached hydrogen (secondary N) is 2. The van der Waals surface area contributed by atoms with Gasteiger partial charge in [0.2, 0.25) is 0 Å². The summed E-state index contributed by atoms with van der Waals surface area (Å²) in [5, 5.41) is 14.7. The third-order valence-electron chi connectivity index (χ3n) is 3.37. The Morgan fingerprint density at radius 2 is 2.10 bits per heavy atom. The number of aryl methyl sites for hydroxylation is 2. The molecular formula is C15H26N2O3. The van der Waals surface area contributed by atoms with Gasteiger partial charge in [0.15, 0.2) is 0 Å². The quantitative estimate of drug-likeness (QED) is 0.686. The van der Waals surface area contributed by atoms with Crippen molar-refractivity contribution in [3.05, 3.63) is 23.2 Å². The smallest absolute Gasteiger partial charge is 0.315 e. The van der Waals surface area contributed by atoms with Gasteiger partial charge in [-0.3, -0.25) is 0 Å². The molecule has 0 spiro atoms. The van der Waals surface area contributed by atoms with E-state index < -0.39 is 0 Å². The van der Waals surface area contributed by atoms with E-state index in [-0.39, 0.29) is 12.6 Å². The van der Waals surface area contributed by atoms with E-state index in [0.717, 1.165) is 36.3 Å². The van der Waals surface area contributed by atoms with Crippen LogP contribution >= 0.6 is 0 Å². The summed E-state index contributed by atoms with van der Waals surface area (Å²) in [7, 11) is 0. The minimum atomic E-state index is -0.178. The molecule has 1 aromatic heterocycles. The van der Waals surface area contributed by atoms with E-state index in [1.807, 2.05) is 19.9 Å². The molecule has 1 heterocycles. The number of hydrogen-bond donors (Lipinski definition) is 3. The van der Waals surface area contributed by atoms with Gasteiger partial charge in [0.25, 0.3) is 0 Å². The Morgan fingerprint density at radius 3 is 2.65 bits per heavy atom. The van der Waals surface area contributed by atoms with Crippen molar-refractivity contribution in [3.63, 3.8) is 0 Å². The number of amides is 2. The molecule has 5 nitrogen and oxygen atoms in total. The van der Waals surface area contributed by atoms with E-state index in [2.05, 4.69) is 17.6 Å². The zero-order valence-corrected chi connectivity index (χ0v) is 12.7. The molecule has 1 atom stereocenters. The number of rotatable bonds is 8. The van der Waals surface area contributed by atoms with Gasteiger partial charge in [-0.25, -0.2) is 4.79 Å². The van der Waals surface area contributed by atoms with E-state index in [9.17, 15) is 4.79 Å². The topological polar surface area (TPSA) is 74.5 Å². The number of urea groups is 1. The van der Waals surface area contributed by atoms with Gasteiger partial charge in [-0.15, -0.1) is 0 Å². The van der Waals surface area contributed by atoms with Gasteiger partial charge in [0, 0.05) is 25.3 Å². The van der Waals surface area contributed by atoms with Gasteiger partial charge in [-0.1, -0.05) is 13.3 Å². The first-order valence-corrected chi connectivity index (χ1v) is 7.25. The number of carbonyl (C=O) groups excluding carboxylic acids is 1. The van der Waals surface area contributed by atoms with Crippen LogP contribution in [-0.2, 0) is 6.54 Å². The van der Waals surface area contributed by atoms with Crippen molar-refractivity contribution >= 4 is 6.03 Å². The molecule has 1 rings (SSSR count). The van der Waals surface area contributed by atoms with Gasteiger partial charge in [-0.2, -0.15) is 0 Å². The first-order chi connectivity index (χ1) is 9.56. The number of hydrogen-bond acceptors (Lipinski definition) is 3. The van der Waals surface area contributed by atoms with E-state index in [0.29, 0.717) is 19.0 Å². The Kier molecular flexibility index (Phi) is 7.15. The fraction of sp³-hybridized carbons (Fsp3) is 0.667. The third-order valence-corrected chi connectivity index (χ3v) is 3.37. The predicted molar refractivity (Wildman–Crippen MR) is 78.5 cm³/mol. The molecular weight excluding hydrogens is 256 g/mol. The van der Waals surface area contributed by atoms with Crippen molar-refractivity contribution in [1.29, 1.82) is 0 Å². The summed E-state index contributed by atoms with van der Waals surface area (Å²) in [6, 6.07) is 1.75. The van der Waals surface area contributed by atoms with E-state index in [1.165, 1.54) is 0 Å². The van der Waals surface area contributed by atoms with Crippen LogP contribution in [-0.4, -0.2) is 24.3 Å². The summed E-state index contributed by atoms with van der Waals surface area (Å²) in [5.41, 5.74) is 0.998. The van der Waals surface area contributed by atoms with Crippen molar-refractivity contribution in [2.45, 2.75) is 46.6 Å². The molecule has 5 heteroatoms. The molecule has 0 bridgehead atoms. The molecule has 0 saturated carbocycles. The van der Waals surface area contributed by atoms with E-state index in [4.69, 9.17) is 9.52 Å². The Hall–Kier alpha value is -1.49.